The number of carboxylic acid groups (broad SMARTS) is 2. The molecule has 0 aromatic rings. The molecule has 0 amide bonds. The van der Waals surface area contributed by atoms with Crippen LogP contribution in [0, 0.1) is 5.92 Å². The van der Waals surface area contributed by atoms with Crippen LogP contribution in [0.3, 0.4) is 0 Å². The molecule has 9 nitrogen and oxygen atoms in total. The first kappa shape index (κ1) is 14.8. The molecule has 6 N–H and O–H groups in total. The molecule has 104 valence electrons. The first-order valence-electron chi connectivity index (χ1n) is 5.07. The van der Waals surface area contributed by atoms with Gasteiger partial charge >= 0.3 is 11.9 Å². The third-order valence-corrected chi connectivity index (χ3v) is 2.79. The summed E-state index contributed by atoms with van der Waals surface area (Å²) in [4.78, 5) is 21.6. The highest BCUT2D eigenvalue weighted by Gasteiger charge is 2.50. The summed E-state index contributed by atoms with van der Waals surface area (Å²) in [7, 11) is 0. The Balaban J connectivity index is 2.99. The fourth-order valence-corrected chi connectivity index (χ4v) is 1.79. The SMILES string of the molecule is O=C(O)C(C(=O)O)C1O[C@H](CO)[C@@H](O)[C@H](O)[C@H]1O. The minimum absolute atomic E-state index is 0.757. The lowest BCUT2D eigenvalue weighted by Crippen LogP contribution is -2.62. The molecule has 9 heteroatoms. The highest BCUT2D eigenvalue weighted by Crippen LogP contribution is 2.26. The van der Waals surface area contributed by atoms with Crippen LogP contribution < -0.4 is 0 Å². The van der Waals surface area contributed by atoms with Gasteiger partial charge in [-0.1, -0.05) is 0 Å². The average Bonchev–Trinajstić information content (AvgIpc) is 2.28. The van der Waals surface area contributed by atoms with E-state index < -0.39 is 55.0 Å². The van der Waals surface area contributed by atoms with Crippen LogP contribution in [0.5, 0.6) is 0 Å². The third kappa shape index (κ3) is 2.60. The Hall–Kier alpha value is -1.26. The molecule has 5 atom stereocenters. The number of carbonyl (C=O) groups is 2. The summed E-state index contributed by atoms with van der Waals surface area (Å²) in [5.74, 6) is -5.63. The van der Waals surface area contributed by atoms with Crippen molar-refractivity contribution in [2.24, 2.45) is 5.92 Å². The minimum Gasteiger partial charge on any atom is -0.481 e. The number of ether oxygens (including phenoxy) is 1. The summed E-state index contributed by atoms with van der Waals surface area (Å²) >= 11 is 0. The second-order valence-corrected chi connectivity index (χ2v) is 3.95. The Morgan fingerprint density at radius 1 is 1.00 bits per heavy atom. The van der Waals surface area contributed by atoms with E-state index in [9.17, 15) is 24.9 Å². The second kappa shape index (κ2) is 5.59. The van der Waals surface area contributed by atoms with Gasteiger partial charge in [0.05, 0.1) is 6.61 Å². The average molecular weight is 266 g/mol. The summed E-state index contributed by atoms with van der Waals surface area (Å²) in [6, 6.07) is 0. The van der Waals surface area contributed by atoms with Crippen molar-refractivity contribution in [2.75, 3.05) is 6.61 Å². The molecule has 0 radical (unpaired) electrons. The molecule has 0 aromatic heterocycles. The number of carboxylic acids is 2. The van der Waals surface area contributed by atoms with Gasteiger partial charge in [-0.25, -0.2) is 0 Å². The van der Waals surface area contributed by atoms with Crippen molar-refractivity contribution in [3.8, 4) is 0 Å². The molecule has 0 saturated carbocycles. The summed E-state index contributed by atoms with van der Waals surface area (Å²) in [6.45, 7) is -0.757. The Bertz CT molecular complexity index is 314. The standard InChI is InChI=1S/C9H14O9/c10-1-2-4(11)5(12)6(13)7(18-2)3(8(14)15)9(16)17/h2-7,10-13H,1H2,(H,14,15)(H,16,17)/t2-,4-,5+,6-,7?/m1/s1. The molecule has 1 heterocycles. The highest BCUT2D eigenvalue weighted by molar-refractivity contribution is 5.93. The van der Waals surface area contributed by atoms with E-state index in [1.54, 1.807) is 0 Å². The van der Waals surface area contributed by atoms with Crippen molar-refractivity contribution in [3.63, 3.8) is 0 Å². The lowest BCUT2D eigenvalue weighted by Gasteiger charge is -2.41. The van der Waals surface area contributed by atoms with Gasteiger partial charge in [-0.2, -0.15) is 0 Å². The monoisotopic (exact) mass is 266 g/mol. The van der Waals surface area contributed by atoms with Gasteiger partial charge in [0.2, 0.25) is 0 Å². The number of rotatable bonds is 4. The quantitative estimate of drug-likeness (QED) is 0.284. The molecule has 0 aliphatic carbocycles. The Morgan fingerprint density at radius 3 is 1.89 bits per heavy atom. The molecule has 1 unspecified atom stereocenters. The van der Waals surface area contributed by atoms with Crippen molar-refractivity contribution >= 4 is 11.9 Å². The van der Waals surface area contributed by atoms with E-state index in [-0.39, 0.29) is 0 Å². The van der Waals surface area contributed by atoms with Gasteiger partial charge in [-0.05, 0) is 0 Å². The van der Waals surface area contributed by atoms with Gasteiger partial charge in [-0.3, -0.25) is 9.59 Å². The third-order valence-electron chi connectivity index (χ3n) is 2.79. The summed E-state index contributed by atoms with van der Waals surface area (Å²) < 4.78 is 4.84. The van der Waals surface area contributed by atoms with Crippen LogP contribution in [0.15, 0.2) is 0 Å². The summed E-state index contributed by atoms with van der Waals surface area (Å²) in [6.07, 6.45) is -8.46. The first-order valence-corrected chi connectivity index (χ1v) is 5.07. The molecule has 1 saturated heterocycles. The van der Waals surface area contributed by atoms with Crippen molar-refractivity contribution in [3.05, 3.63) is 0 Å². The normalized spacial score (nSPS) is 36.6. The van der Waals surface area contributed by atoms with Crippen LogP contribution in [0.2, 0.25) is 0 Å². The molecule has 1 rings (SSSR count). The van der Waals surface area contributed by atoms with E-state index in [0.717, 1.165) is 0 Å². The maximum Gasteiger partial charge on any atom is 0.320 e. The number of aliphatic hydroxyl groups excluding tert-OH is 4. The zero-order valence-electron chi connectivity index (χ0n) is 9.08. The van der Waals surface area contributed by atoms with Crippen LogP contribution in [0.1, 0.15) is 0 Å². The topological polar surface area (TPSA) is 165 Å². The van der Waals surface area contributed by atoms with E-state index in [2.05, 4.69) is 0 Å². The van der Waals surface area contributed by atoms with Gasteiger partial charge < -0.3 is 35.4 Å². The fraction of sp³-hybridized carbons (Fsp3) is 0.778. The smallest absolute Gasteiger partial charge is 0.320 e. The van der Waals surface area contributed by atoms with Gasteiger partial charge in [-0.15, -0.1) is 0 Å². The lowest BCUT2D eigenvalue weighted by atomic mass is 9.88. The number of aliphatic hydroxyl groups is 4. The fourth-order valence-electron chi connectivity index (χ4n) is 1.79. The van der Waals surface area contributed by atoms with E-state index in [1.807, 2.05) is 0 Å². The number of aliphatic carboxylic acids is 2. The van der Waals surface area contributed by atoms with E-state index >= 15 is 0 Å². The number of hydrogen-bond acceptors (Lipinski definition) is 7. The van der Waals surface area contributed by atoms with Crippen molar-refractivity contribution < 1.29 is 45.0 Å². The van der Waals surface area contributed by atoms with Gasteiger partial charge in [0.25, 0.3) is 0 Å². The predicted octanol–water partition coefficient (Wildman–Crippen LogP) is -3.39. The van der Waals surface area contributed by atoms with Crippen LogP contribution in [0.25, 0.3) is 0 Å². The van der Waals surface area contributed by atoms with Crippen molar-refractivity contribution in [2.45, 2.75) is 30.5 Å². The Morgan fingerprint density at radius 2 is 1.50 bits per heavy atom. The number of hydrogen-bond donors (Lipinski definition) is 6. The molecule has 1 aliphatic heterocycles. The van der Waals surface area contributed by atoms with E-state index in [1.165, 1.54) is 0 Å². The molecular weight excluding hydrogens is 252 g/mol. The zero-order chi connectivity index (χ0) is 14.0. The van der Waals surface area contributed by atoms with E-state index in [0.29, 0.717) is 0 Å². The van der Waals surface area contributed by atoms with Crippen LogP contribution in [-0.2, 0) is 14.3 Å². The van der Waals surface area contributed by atoms with Crippen molar-refractivity contribution in [1.82, 2.24) is 0 Å². The zero-order valence-corrected chi connectivity index (χ0v) is 9.08. The predicted molar refractivity (Wildman–Crippen MR) is 52.5 cm³/mol. The summed E-state index contributed by atoms with van der Waals surface area (Å²) in [5, 5.41) is 54.8. The Kier molecular flexibility index (Phi) is 4.59. The van der Waals surface area contributed by atoms with Crippen LogP contribution in [0.4, 0.5) is 0 Å². The molecule has 0 bridgehead atoms. The highest BCUT2D eigenvalue weighted by atomic mass is 16.5. The molecule has 1 aliphatic rings. The molecule has 18 heavy (non-hydrogen) atoms. The lowest BCUT2D eigenvalue weighted by molar-refractivity contribution is -0.242. The molecule has 0 spiro atoms. The first-order chi connectivity index (χ1) is 8.31. The molecule has 1 fully saturated rings. The molecular formula is C9H14O9. The minimum atomic E-state index is -2.11. The Labute approximate surface area is 101 Å². The van der Waals surface area contributed by atoms with Gasteiger partial charge in [0.1, 0.15) is 30.5 Å². The van der Waals surface area contributed by atoms with Crippen LogP contribution in [-0.4, -0.2) is 79.7 Å². The molecule has 0 aromatic carbocycles. The van der Waals surface area contributed by atoms with Crippen LogP contribution >= 0.6 is 0 Å². The van der Waals surface area contributed by atoms with Crippen molar-refractivity contribution in [1.29, 1.82) is 0 Å². The maximum absolute atomic E-state index is 10.8. The largest absolute Gasteiger partial charge is 0.481 e. The summed E-state index contributed by atoms with van der Waals surface area (Å²) in [5.41, 5.74) is 0. The second-order valence-electron chi connectivity index (χ2n) is 3.95. The van der Waals surface area contributed by atoms with Gasteiger partial charge in [0.15, 0.2) is 5.92 Å². The maximum atomic E-state index is 10.8. The van der Waals surface area contributed by atoms with Gasteiger partial charge in [0, 0.05) is 0 Å². The van der Waals surface area contributed by atoms with E-state index in [4.69, 9.17) is 20.1 Å².